The number of H-pyrrole nitrogens is 1. The number of Topliss-reactive ketones (excluding diaryl/α,β-unsaturated/α-hetero) is 1. The summed E-state index contributed by atoms with van der Waals surface area (Å²) in [6.07, 6.45) is 3.42. The topological polar surface area (TPSA) is 91.1 Å². The Morgan fingerprint density at radius 3 is 2.59 bits per heavy atom. The van der Waals surface area contributed by atoms with Crippen molar-refractivity contribution >= 4 is 34.1 Å². The lowest BCUT2D eigenvalue weighted by Crippen LogP contribution is -2.44. The molecule has 2 amide bonds. The molecule has 1 aliphatic carbocycles. The predicted molar refractivity (Wildman–Crippen MR) is 135 cm³/mol. The third kappa shape index (κ3) is 4.76. The minimum absolute atomic E-state index is 0.0651. The molecule has 4 rings (SSSR count). The van der Waals surface area contributed by atoms with Gasteiger partial charge in [0.15, 0.2) is 5.78 Å². The van der Waals surface area contributed by atoms with E-state index in [0.717, 1.165) is 35.0 Å². The van der Waals surface area contributed by atoms with Crippen LogP contribution in [0.3, 0.4) is 0 Å². The zero-order valence-electron chi connectivity index (χ0n) is 20.4. The highest BCUT2D eigenvalue weighted by Gasteiger charge is 2.35. The third-order valence-corrected chi connectivity index (χ3v) is 6.64. The predicted octanol–water partition coefficient (Wildman–Crippen LogP) is 5.56. The van der Waals surface area contributed by atoms with Crippen LogP contribution in [0.2, 0.25) is 0 Å². The van der Waals surface area contributed by atoms with E-state index in [0.29, 0.717) is 36.1 Å². The van der Waals surface area contributed by atoms with Gasteiger partial charge in [-0.1, -0.05) is 70.0 Å². The van der Waals surface area contributed by atoms with Gasteiger partial charge in [-0.3, -0.25) is 14.4 Å². The number of benzene rings is 2. The molecule has 178 valence electrons. The van der Waals surface area contributed by atoms with E-state index in [1.54, 1.807) is 6.92 Å². The molecule has 6 heteroatoms. The van der Waals surface area contributed by atoms with Gasteiger partial charge in [0, 0.05) is 28.8 Å². The molecule has 0 saturated carbocycles. The van der Waals surface area contributed by atoms with Crippen molar-refractivity contribution in [1.29, 1.82) is 0 Å². The molecule has 0 saturated heterocycles. The van der Waals surface area contributed by atoms with Gasteiger partial charge in [-0.2, -0.15) is 0 Å². The minimum Gasteiger partial charge on any atom is -0.354 e. The Hall–Kier alpha value is -3.41. The molecular formula is C28H33N3O3. The average molecular weight is 460 g/mol. The van der Waals surface area contributed by atoms with Crippen LogP contribution in [0.15, 0.2) is 42.5 Å². The Labute approximate surface area is 200 Å². The first-order valence-electron chi connectivity index (χ1n) is 12.0. The number of unbranched alkanes of at least 4 members (excludes halogenated alkanes) is 1. The van der Waals surface area contributed by atoms with E-state index in [1.807, 2.05) is 42.5 Å². The highest BCUT2D eigenvalue weighted by atomic mass is 16.2. The zero-order chi connectivity index (χ0) is 24.5. The summed E-state index contributed by atoms with van der Waals surface area (Å²) >= 11 is 0. The molecule has 1 aliphatic rings. The largest absolute Gasteiger partial charge is 0.354 e. The summed E-state index contributed by atoms with van der Waals surface area (Å²) in [5.74, 6) is -0.536. The van der Waals surface area contributed by atoms with Crippen LogP contribution in [0.25, 0.3) is 10.8 Å². The molecule has 3 aromatic rings. The van der Waals surface area contributed by atoms with Gasteiger partial charge in [0.2, 0.25) is 5.91 Å². The number of aromatic nitrogens is 1. The van der Waals surface area contributed by atoms with Crippen LogP contribution in [-0.4, -0.2) is 28.6 Å². The number of rotatable bonds is 7. The second kappa shape index (κ2) is 9.45. The van der Waals surface area contributed by atoms with Gasteiger partial charge in [0.1, 0.15) is 11.7 Å². The van der Waals surface area contributed by atoms with Crippen molar-refractivity contribution in [3.63, 3.8) is 0 Å². The van der Waals surface area contributed by atoms with E-state index in [9.17, 15) is 14.4 Å². The number of anilines is 1. The first-order chi connectivity index (χ1) is 16.2. The minimum atomic E-state index is -0.682. The maximum absolute atomic E-state index is 13.3. The smallest absolute Gasteiger partial charge is 0.268 e. The average Bonchev–Trinajstić information content (AvgIpc) is 3.11. The Morgan fingerprint density at radius 2 is 1.82 bits per heavy atom. The molecule has 0 spiro atoms. The molecule has 1 heterocycles. The number of hydrogen-bond acceptors (Lipinski definition) is 3. The van der Waals surface area contributed by atoms with Gasteiger partial charge < -0.3 is 15.6 Å². The number of hydrogen-bond donors (Lipinski definition) is 3. The molecule has 1 unspecified atom stereocenters. The van der Waals surface area contributed by atoms with Gasteiger partial charge in [0.25, 0.3) is 5.91 Å². The normalized spacial score (nSPS) is 15.6. The van der Waals surface area contributed by atoms with Crippen LogP contribution in [0.4, 0.5) is 5.69 Å². The van der Waals surface area contributed by atoms with Crippen LogP contribution >= 0.6 is 0 Å². The number of ketones is 1. The summed E-state index contributed by atoms with van der Waals surface area (Å²) in [5.41, 5.74) is 3.06. The lowest BCUT2D eigenvalue weighted by Gasteiger charge is -2.28. The van der Waals surface area contributed by atoms with E-state index < -0.39 is 6.04 Å². The zero-order valence-corrected chi connectivity index (χ0v) is 20.4. The molecule has 1 atom stereocenters. The molecule has 0 bridgehead atoms. The lowest BCUT2D eigenvalue weighted by atomic mass is 9.75. The standard InChI is InChI=1S/C28H33N3O3/c1-5-6-13-21(26(33)30-20-14-9-11-18-10-7-8-12-19(18)20)31-27(34)25-17(2)24-22(29-25)15-28(3,4)16-23(24)32/h7-12,14,21,29H,5-6,13,15-16H2,1-4H3,(H,30,33)(H,31,34). The van der Waals surface area contributed by atoms with Crippen LogP contribution in [0.1, 0.15) is 78.6 Å². The van der Waals surface area contributed by atoms with Gasteiger partial charge in [-0.25, -0.2) is 0 Å². The summed E-state index contributed by atoms with van der Waals surface area (Å²) in [7, 11) is 0. The van der Waals surface area contributed by atoms with Crippen molar-refractivity contribution in [3.05, 3.63) is 65.0 Å². The van der Waals surface area contributed by atoms with Crippen molar-refractivity contribution in [3.8, 4) is 0 Å². The second-order valence-corrected chi connectivity index (χ2v) is 10.1. The fraction of sp³-hybridized carbons (Fsp3) is 0.393. The lowest BCUT2D eigenvalue weighted by molar-refractivity contribution is -0.118. The van der Waals surface area contributed by atoms with Crippen molar-refractivity contribution in [2.24, 2.45) is 5.41 Å². The molecule has 1 aromatic heterocycles. The van der Waals surface area contributed by atoms with E-state index in [1.165, 1.54) is 0 Å². The van der Waals surface area contributed by atoms with Gasteiger partial charge in [-0.05, 0) is 42.2 Å². The molecule has 34 heavy (non-hydrogen) atoms. The van der Waals surface area contributed by atoms with Gasteiger partial charge in [0.05, 0.1) is 0 Å². The number of aromatic amines is 1. The first kappa shape index (κ1) is 23.7. The highest BCUT2D eigenvalue weighted by molar-refractivity contribution is 6.07. The summed E-state index contributed by atoms with van der Waals surface area (Å²) in [6.45, 7) is 7.97. The number of nitrogens with one attached hydrogen (secondary N) is 3. The van der Waals surface area contributed by atoms with Crippen LogP contribution in [0.5, 0.6) is 0 Å². The molecular weight excluding hydrogens is 426 g/mol. The van der Waals surface area contributed by atoms with E-state index in [-0.39, 0.29) is 23.0 Å². The van der Waals surface area contributed by atoms with E-state index >= 15 is 0 Å². The van der Waals surface area contributed by atoms with Crippen molar-refractivity contribution < 1.29 is 14.4 Å². The highest BCUT2D eigenvalue weighted by Crippen LogP contribution is 2.36. The summed E-state index contributed by atoms with van der Waals surface area (Å²) < 4.78 is 0. The quantitative estimate of drug-likeness (QED) is 0.432. The van der Waals surface area contributed by atoms with Crippen molar-refractivity contribution in [2.45, 2.75) is 65.8 Å². The monoisotopic (exact) mass is 459 g/mol. The van der Waals surface area contributed by atoms with Crippen molar-refractivity contribution in [2.75, 3.05) is 5.32 Å². The summed E-state index contributed by atoms with van der Waals surface area (Å²) in [5, 5.41) is 7.93. The second-order valence-electron chi connectivity index (χ2n) is 10.1. The molecule has 2 aromatic carbocycles. The maximum Gasteiger partial charge on any atom is 0.268 e. The van der Waals surface area contributed by atoms with Crippen LogP contribution < -0.4 is 10.6 Å². The Kier molecular flexibility index (Phi) is 6.60. The Bertz CT molecular complexity index is 1250. The fourth-order valence-electron chi connectivity index (χ4n) is 4.92. The Balaban J connectivity index is 1.56. The summed E-state index contributed by atoms with van der Waals surface area (Å²) in [6, 6.07) is 13.0. The first-order valence-corrected chi connectivity index (χ1v) is 12.0. The van der Waals surface area contributed by atoms with Crippen LogP contribution in [-0.2, 0) is 11.2 Å². The number of amides is 2. The number of carbonyl (C=O) groups is 3. The molecule has 6 nitrogen and oxygen atoms in total. The molecule has 0 aliphatic heterocycles. The maximum atomic E-state index is 13.3. The summed E-state index contributed by atoms with van der Waals surface area (Å²) in [4.78, 5) is 42.4. The van der Waals surface area contributed by atoms with Gasteiger partial charge >= 0.3 is 0 Å². The Morgan fingerprint density at radius 1 is 1.09 bits per heavy atom. The molecule has 3 N–H and O–H groups in total. The van der Waals surface area contributed by atoms with Crippen molar-refractivity contribution in [1.82, 2.24) is 10.3 Å². The third-order valence-electron chi connectivity index (χ3n) is 6.64. The van der Waals surface area contributed by atoms with Crippen LogP contribution in [0, 0.1) is 12.3 Å². The molecule has 0 radical (unpaired) electrons. The number of carbonyl (C=O) groups excluding carboxylic acids is 3. The fourth-order valence-corrected chi connectivity index (χ4v) is 4.92. The SMILES string of the molecule is CCCCC(NC(=O)c1[nH]c2c(c1C)C(=O)CC(C)(C)C2)C(=O)Nc1cccc2ccccc12. The number of fused-ring (bicyclic) bond motifs is 2. The van der Waals surface area contributed by atoms with Gasteiger partial charge in [-0.15, -0.1) is 0 Å². The molecule has 0 fully saturated rings. The van der Waals surface area contributed by atoms with E-state index in [2.05, 4.69) is 36.4 Å². The van der Waals surface area contributed by atoms with E-state index in [4.69, 9.17) is 0 Å².